The van der Waals surface area contributed by atoms with Crippen LogP contribution in [-0.2, 0) is 14.8 Å². The topological polar surface area (TPSA) is 76.2 Å². The Balaban J connectivity index is 1.89. The predicted molar refractivity (Wildman–Crippen MR) is 102 cm³/mol. The molecule has 0 radical (unpaired) electrons. The van der Waals surface area contributed by atoms with Crippen molar-refractivity contribution >= 4 is 21.6 Å². The first-order valence-corrected chi connectivity index (χ1v) is 10.2. The van der Waals surface area contributed by atoms with Gasteiger partial charge in [0.25, 0.3) is 0 Å². The van der Waals surface area contributed by atoms with Crippen molar-refractivity contribution in [3.63, 3.8) is 0 Å². The minimum Gasteiger partial charge on any atom is -0.495 e. The SMILES string of the molecule is CCN(CC(=O)N1CCOc2ccccc21)S(=O)(=O)c1cc(F)ccc1OC. The highest BCUT2D eigenvalue weighted by atomic mass is 32.2. The molecule has 7 nitrogen and oxygen atoms in total. The molecule has 0 fully saturated rings. The summed E-state index contributed by atoms with van der Waals surface area (Å²) < 4.78 is 51.4. The van der Waals surface area contributed by atoms with E-state index in [1.807, 2.05) is 0 Å². The number of ether oxygens (including phenoxy) is 2. The van der Waals surface area contributed by atoms with Crippen molar-refractivity contribution in [2.24, 2.45) is 0 Å². The quantitative estimate of drug-likeness (QED) is 0.733. The normalized spacial score (nSPS) is 13.8. The number of carbonyl (C=O) groups is 1. The molecule has 1 aliphatic heterocycles. The van der Waals surface area contributed by atoms with Gasteiger partial charge in [-0.3, -0.25) is 4.79 Å². The van der Waals surface area contributed by atoms with Crippen molar-refractivity contribution in [1.82, 2.24) is 4.31 Å². The van der Waals surface area contributed by atoms with E-state index < -0.39 is 21.7 Å². The van der Waals surface area contributed by atoms with Crippen LogP contribution < -0.4 is 14.4 Å². The molecular weight excluding hydrogens is 387 g/mol. The van der Waals surface area contributed by atoms with Crippen LogP contribution in [0.2, 0.25) is 0 Å². The Morgan fingerprint density at radius 2 is 2.04 bits per heavy atom. The maximum absolute atomic E-state index is 13.7. The van der Waals surface area contributed by atoms with Crippen LogP contribution in [0.15, 0.2) is 47.4 Å². The van der Waals surface area contributed by atoms with Crippen LogP contribution in [-0.4, -0.2) is 52.0 Å². The number of hydrogen-bond donors (Lipinski definition) is 0. The summed E-state index contributed by atoms with van der Waals surface area (Å²) in [4.78, 5) is 14.1. The van der Waals surface area contributed by atoms with Gasteiger partial charge in [0.2, 0.25) is 15.9 Å². The molecule has 3 rings (SSSR count). The van der Waals surface area contributed by atoms with Gasteiger partial charge in [-0.2, -0.15) is 4.31 Å². The molecule has 0 atom stereocenters. The summed E-state index contributed by atoms with van der Waals surface area (Å²) in [5.41, 5.74) is 0.593. The van der Waals surface area contributed by atoms with E-state index in [9.17, 15) is 17.6 Å². The van der Waals surface area contributed by atoms with E-state index in [0.29, 0.717) is 24.6 Å². The molecule has 1 heterocycles. The van der Waals surface area contributed by atoms with Crippen molar-refractivity contribution in [3.8, 4) is 11.5 Å². The molecular formula is C19H21FN2O5S. The molecule has 2 aromatic carbocycles. The molecule has 28 heavy (non-hydrogen) atoms. The Hall–Kier alpha value is -2.65. The summed E-state index contributed by atoms with van der Waals surface area (Å²) >= 11 is 0. The van der Waals surface area contributed by atoms with Gasteiger partial charge in [0.1, 0.15) is 28.8 Å². The van der Waals surface area contributed by atoms with Crippen molar-refractivity contribution in [2.75, 3.05) is 38.3 Å². The number of benzene rings is 2. The smallest absolute Gasteiger partial charge is 0.247 e. The maximum atomic E-state index is 13.7. The highest BCUT2D eigenvalue weighted by molar-refractivity contribution is 7.89. The first-order chi connectivity index (χ1) is 13.4. The lowest BCUT2D eigenvalue weighted by atomic mass is 10.2. The van der Waals surface area contributed by atoms with Crippen LogP contribution in [0.3, 0.4) is 0 Å². The lowest BCUT2D eigenvalue weighted by Gasteiger charge is -2.31. The molecule has 0 spiro atoms. The molecule has 1 aliphatic rings. The van der Waals surface area contributed by atoms with E-state index in [0.717, 1.165) is 16.4 Å². The van der Waals surface area contributed by atoms with Gasteiger partial charge in [-0.25, -0.2) is 12.8 Å². The van der Waals surface area contributed by atoms with E-state index in [2.05, 4.69) is 0 Å². The number of halogens is 1. The highest BCUT2D eigenvalue weighted by Gasteiger charge is 2.32. The third-order valence-electron chi connectivity index (χ3n) is 4.44. The fourth-order valence-electron chi connectivity index (χ4n) is 3.02. The molecule has 2 aromatic rings. The third kappa shape index (κ3) is 3.81. The van der Waals surface area contributed by atoms with Gasteiger partial charge in [-0.15, -0.1) is 0 Å². The van der Waals surface area contributed by atoms with Gasteiger partial charge < -0.3 is 14.4 Å². The molecule has 0 aliphatic carbocycles. The number of fused-ring (bicyclic) bond motifs is 1. The van der Waals surface area contributed by atoms with Gasteiger partial charge >= 0.3 is 0 Å². The Morgan fingerprint density at radius 3 is 2.75 bits per heavy atom. The number of likely N-dealkylation sites (N-methyl/N-ethyl adjacent to an activating group) is 1. The zero-order chi connectivity index (χ0) is 20.3. The van der Waals surface area contributed by atoms with Crippen LogP contribution in [0.25, 0.3) is 0 Å². The lowest BCUT2D eigenvalue weighted by Crippen LogP contribution is -2.45. The average Bonchev–Trinajstić information content (AvgIpc) is 2.71. The van der Waals surface area contributed by atoms with Gasteiger partial charge in [-0.1, -0.05) is 19.1 Å². The van der Waals surface area contributed by atoms with Gasteiger partial charge in [-0.05, 0) is 30.3 Å². The average molecular weight is 408 g/mol. The van der Waals surface area contributed by atoms with E-state index in [1.165, 1.54) is 18.1 Å². The summed E-state index contributed by atoms with van der Waals surface area (Å²) in [5.74, 6) is -0.510. The fourth-order valence-corrected chi connectivity index (χ4v) is 4.59. The number of hydrogen-bond acceptors (Lipinski definition) is 5. The molecule has 0 saturated heterocycles. The summed E-state index contributed by atoms with van der Waals surface area (Å²) in [6, 6.07) is 10.3. The van der Waals surface area contributed by atoms with Gasteiger partial charge in [0, 0.05) is 6.54 Å². The Bertz CT molecular complexity index is 980. The van der Waals surface area contributed by atoms with Crippen LogP contribution in [0.5, 0.6) is 11.5 Å². The predicted octanol–water partition coefficient (Wildman–Crippen LogP) is 2.27. The van der Waals surface area contributed by atoms with E-state index >= 15 is 0 Å². The number of methoxy groups -OCH3 is 1. The number of rotatable bonds is 6. The molecule has 0 unspecified atom stereocenters. The molecule has 9 heteroatoms. The minimum absolute atomic E-state index is 0.0176. The summed E-state index contributed by atoms with van der Waals surface area (Å²) in [5, 5.41) is 0. The van der Waals surface area contributed by atoms with Crippen molar-refractivity contribution in [3.05, 3.63) is 48.3 Å². The molecule has 0 aromatic heterocycles. The molecule has 1 amide bonds. The lowest BCUT2D eigenvalue weighted by molar-refractivity contribution is -0.119. The number of sulfonamides is 1. The standard InChI is InChI=1S/C19H21FN2O5S/c1-3-21(28(24,25)18-12-14(20)8-9-17(18)26-2)13-19(23)22-10-11-27-16-7-5-4-6-15(16)22/h4-9,12H,3,10-11,13H2,1-2H3. The Morgan fingerprint density at radius 1 is 1.29 bits per heavy atom. The van der Waals surface area contributed by atoms with Crippen molar-refractivity contribution in [1.29, 1.82) is 0 Å². The van der Waals surface area contributed by atoms with E-state index in [1.54, 1.807) is 31.2 Å². The summed E-state index contributed by atoms with van der Waals surface area (Å²) in [7, 11) is -2.83. The second kappa shape index (κ2) is 8.15. The largest absolute Gasteiger partial charge is 0.495 e. The van der Waals surface area contributed by atoms with Crippen molar-refractivity contribution in [2.45, 2.75) is 11.8 Å². The zero-order valence-corrected chi connectivity index (χ0v) is 16.4. The summed E-state index contributed by atoms with van der Waals surface area (Å²) in [6.45, 7) is 1.91. The maximum Gasteiger partial charge on any atom is 0.247 e. The van der Waals surface area contributed by atoms with Gasteiger partial charge in [0.15, 0.2) is 0 Å². The number of para-hydroxylation sites is 2. The number of anilines is 1. The van der Waals surface area contributed by atoms with Crippen LogP contribution in [0.4, 0.5) is 10.1 Å². The number of nitrogens with zero attached hydrogens (tertiary/aromatic N) is 2. The first-order valence-electron chi connectivity index (χ1n) is 8.74. The molecule has 0 N–H and O–H groups in total. The highest BCUT2D eigenvalue weighted by Crippen LogP contribution is 2.32. The molecule has 0 bridgehead atoms. The second-order valence-corrected chi connectivity index (χ2v) is 7.99. The minimum atomic E-state index is -4.14. The molecule has 0 saturated carbocycles. The third-order valence-corrected chi connectivity index (χ3v) is 6.38. The first kappa shape index (κ1) is 20.1. The van der Waals surface area contributed by atoms with Crippen molar-refractivity contribution < 1.29 is 27.1 Å². The summed E-state index contributed by atoms with van der Waals surface area (Å²) in [6.07, 6.45) is 0. The molecule has 150 valence electrons. The second-order valence-electron chi connectivity index (χ2n) is 6.09. The number of amides is 1. The van der Waals surface area contributed by atoms with Gasteiger partial charge in [0.05, 0.1) is 25.9 Å². The van der Waals surface area contributed by atoms with E-state index in [-0.39, 0.29) is 23.7 Å². The van der Waals surface area contributed by atoms with Crippen LogP contribution in [0, 0.1) is 5.82 Å². The Kier molecular flexibility index (Phi) is 5.85. The Labute approximate surface area is 163 Å². The van der Waals surface area contributed by atoms with Crippen LogP contribution in [0.1, 0.15) is 6.92 Å². The van der Waals surface area contributed by atoms with E-state index in [4.69, 9.17) is 9.47 Å². The monoisotopic (exact) mass is 408 g/mol. The number of carbonyl (C=O) groups excluding carboxylic acids is 1. The fraction of sp³-hybridized carbons (Fsp3) is 0.316. The zero-order valence-electron chi connectivity index (χ0n) is 15.6. The van der Waals surface area contributed by atoms with Crippen LogP contribution >= 0.6 is 0 Å².